The number of hydrogen-bond donors (Lipinski definition) is 0. The summed E-state index contributed by atoms with van der Waals surface area (Å²) in [5.41, 5.74) is 7.05. The van der Waals surface area contributed by atoms with Crippen molar-refractivity contribution in [2.45, 2.75) is 131 Å². The summed E-state index contributed by atoms with van der Waals surface area (Å²) >= 11 is 0. The summed E-state index contributed by atoms with van der Waals surface area (Å²) in [7, 11) is 0.171. The van der Waals surface area contributed by atoms with E-state index in [2.05, 4.69) is 39.5 Å². The molecule has 0 N–H and O–H groups in total. The Bertz CT molecular complexity index is 5360. The average Bonchev–Trinajstić information content (AvgIpc) is 1.66. The number of hydrogen-bond acceptors (Lipinski definition) is 33. The summed E-state index contributed by atoms with van der Waals surface area (Å²) in [6, 6.07) is 8.08. The van der Waals surface area contributed by atoms with E-state index in [4.69, 9.17) is 92.2 Å². The molecule has 0 atom stereocenters. The van der Waals surface area contributed by atoms with E-state index < -0.39 is 29.5 Å². The average molecular weight is 1680 g/mol. The van der Waals surface area contributed by atoms with Crippen LogP contribution in [0.25, 0.3) is 67.7 Å². The highest BCUT2D eigenvalue weighted by atomic mass is 32.2. The molecule has 0 spiro atoms. The van der Waals surface area contributed by atoms with E-state index in [1.54, 1.807) is 36.8 Å². The number of aryl methyl sites for hydroxylation is 3. The van der Waals surface area contributed by atoms with Crippen molar-refractivity contribution in [1.82, 2.24) is 83.3 Å². The molecule has 6 aliphatic heterocycles. The van der Waals surface area contributed by atoms with E-state index in [1.807, 2.05) is 34.8 Å². The second kappa shape index (κ2) is 36.2. The number of anilines is 3. The van der Waals surface area contributed by atoms with Crippen LogP contribution in [0, 0.1) is 0 Å². The van der Waals surface area contributed by atoms with Crippen LogP contribution in [0.3, 0.4) is 0 Å². The zero-order chi connectivity index (χ0) is 81.7. The number of morpholine rings is 3. The van der Waals surface area contributed by atoms with Crippen molar-refractivity contribution < 1.29 is 72.6 Å². The van der Waals surface area contributed by atoms with Crippen molar-refractivity contribution >= 4 is 80.5 Å². The van der Waals surface area contributed by atoms with E-state index in [9.17, 15) is 25.3 Å². The van der Waals surface area contributed by atoms with Gasteiger partial charge in [-0.3, -0.25) is 18.6 Å². The van der Waals surface area contributed by atoms with Crippen LogP contribution >= 0.6 is 0 Å². The molecule has 0 bridgehead atoms. The largest absolute Gasteiger partial charge is 0.481 e. The Kier molecular flexibility index (Phi) is 25.7. The Morgan fingerprint density at radius 2 is 0.692 bits per heavy atom. The highest BCUT2D eigenvalue weighted by Gasteiger charge is 2.37. The molecular formula is C78H106N20O16S3. The molecule has 0 unspecified atom stereocenters. The summed E-state index contributed by atoms with van der Waals surface area (Å²) in [5, 5.41) is 0. The molecule has 632 valence electrons. The lowest BCUT2D eigenvalue weighted by molar-refractivity contribution is -0.0239. The predicted octanol–water partition coefficient (Wildman–Crippen LogP) is 6.18. The van der Waals surface area contributed by atoms with Gasteiger partial charge in [0.05, 0.1) is 91.4 Å². The van der Waals surface area contributed by atoms with Gasteiger partial charge >= 0.3 is 0 Å². The van der Waals surface area contributed by atoms with Crippen molar-refractivity contribution in [3.8, 4) is 69.8 Å². The zero-order valence-corrected chi connectivity index (χ0v) is 70.5. The van der Waals surface area contributed by atoms with E-state index in [0.717, 1.165) is 51.6 Å². The van der Waals surface area contributed by atoms with Crippen LogP contribution in [0.2, 0.25) is 0 Å². The van der Waals surface area contributed by atoms with E-state index >= 15 is 0 Å². The molecule has 0 radical (unpaired) electrons. The molecule has 15 heterocycles. The summed E-state index contributed by atoms with van der Waals surface area (Å²) in [4.78, 5) is 68.5. The van der Waals surface area contributed by atoms with Gasteiger partial charge in [-0.05, 0) is 82.7 Å². The highest BCUT2D eigenvalue weighted by Crippen LogP contribution is 2.39. The Morgan fingerprint density at radius 3 is 1.03 bits per heavy atom. The molecule has 39 heteroatoms. The Hall–Kier alpha value is -9.09. The molecule has 9 aromatic heterocycles. The number of aromatic nitrogens is 15. The summed E-state index contributed by atoms with van der Waals surface area (Å²) in [5.74, 6) is 3.56. The standard InChI is InChI=1S/C28H39N7O5S.C27H37N7O5S.C23H30N6O6S/c1-33-25-23(30-28(33)40-22-8-6-21(7-9-22)34-10-4-5-11-34)26(35-12-14-39-15-13-35)32-24(31-25)19-16-20(18-41(3,36)37)27(38-2)29-17-19;1-32-24-22(29-27(32)39-21-15-34(16-21)20-7-5-4-6-8-20)25(33-9-11-38-12-10-33)31-23(30-24)18-13-19(17-40(3,35)36)26(37-2)28-14-18;1-28-20-18(25-23(28)35-17-4-8-33-9-5-17)21(29-6-10-34-11-7-29)27-19(26-20)15-12-16(14-36(3,30)31)22(32-2)24-13-15/h16-17,21-22H,4-15,18H2,1-3H3;13-14,20-21H,4-12,15-17H2,1-3H3;12-13,17H,4-11,14H2,1-3H3. The number of nitrogens with zero attached hydrogens (tertiary/aromatic N) is 20. The molecule has 2 aliphatic carbocycles. The molecule has 0 aromatic carbocycles. The molecule has 8 fully saturated rings. The minimum atomic E-state index is -3.31. The quantitative estimate of drug-likeness (QED) is 0.0689. The first-order valence-corrected chi connectivity index (χ1v) is 46.5. The van der Waals surface area contributed by atoms with E-state index in [-0.39, 0.29) is 53.2 Å². The summed E-state index contributed by atoms with van der Waals surface area (Å²) in [6.07, 6.45) is 23.7. The van der Waals surface area contributed by atoms with Crippen LogP contribution in [-0.2, 0) is 86.9 Å². The number of fused-ring (bicyclic) bond motifs is 3. The zero-order valence-electron chi connectivity index (χ0n) is 68.1. The first kappa shape index (κ1) is 83.0. The van der Waals surface area contributed by atoms with Crippen LogP contribution in [-0.4, -0.2) is 297 Å². The summed E-state index contributed by atoms with van der Waals surface area (Å²) in [6.45, 7) is 13.2. The fraction of sp³-hybridized carbons (Fsp3) is 0.615. The van der Waals surface area contributed by atoms with Crippen molar-refractivity contribution in [2.24, 2.45) is 21.1 Å². The Balaban J connectivity index is 0.000000138. The van der Waals surface area contributed by atoms with Gasteiger partial charge in [0.15, 0.2) is 97.9 Å². The normalized spacial score (nSPS) is 19.9. The molecule has 17 rings (SSSR count). The van der Waals surface area contributed by atoms with Gasteiger partial charge in [0.2, 0.25) is 17.6 Å². The van der Waals surface area contributed by atoms with Gasteiger partial charge in [-0.1, -0.05) is 19.3 Å². The molecule has 6 saturated heterocycles. The topological polar surface area (TPSA) is 380 Å². The van der Waals surface area contributed by atoms with Gasteiger partial charge in [0.1, 0.15) is 18.3 Å². The number of pyridine rings is 3. The number of likely N-dealkylation sites (tertiary alicyclic amines) is 2. The number of ether oxygens (including phenoxy) is 10. The molecule has 36 nitrogen and oxygen atoms in total. The summed E-state index contributed by atoms with van der Waals surface area (Å²) < 4.78 is 135. The van der Waals surface area contributed by atoms with Gasteiger partial charge in [-0.15, -0.1) is 0 Å². The first-order valence-electron chi connectivity index (χ1n) is 40.3. The third-order valence-electron chi connectivity index (χ3n) is 22.5. The number of sulfone groups is 3. The molecule has 8 aliphatic rings. The number of methoxy groups -OCH3 is 3. The minimum absolute atomic E-state index is 0.0258. The van der Waals surface area contributed by atoms with Crippen molar-refractivity contribution in [1.29, 1.82) is 0 Å². The Morgan fingerprint density at radius 1 is 0.368 bits per heavy atom. The van der Waals surface area contributed by atoms with Crippen LogP contribution in [0.4, 0.5) is 17.5 Å². The lowest BCUT2D eigenvalue weighted by Gasteiger charge is -2.44. The number of rotatable bonds is 23. The second-order valence-electron chi connectivity index (χ2n) is 31.4. The maximum Gasteiger partial charge on any atom is 0.298 e. The monoisotopic (exact) mass is 1670 g/mol. The molecular weight excluding hydrogens is 1570 g/mol. The van der Waals surface area contributed by atoms with Crippen molar-refractivity contribution in [2.75, 3.05) is 173 Å². The Labute approximate surface area is 681 Å². The van der Waals surface area contributed by atoms with Crippen LogP contribution in [0.15, 0.2) is 36.8 Å². The van der Waals surface area contributed by atoms with Crippen LogP contribution in [0.5, 0.6) is 35.7 Å². The molecule has 9 aromatic rings. The second-order valence-corrected chi connectivity index (χ2v) is 37.8. The fourth-order valence-corrected chi connectivity index (χ4v) is 18.8. The van der Waals surface area contributed by atoms with Gasteiger partial charge < -0.3 is 67.0 Å². The van der Waals surface area contributed by atoms with Gasteiger partial charge in [-0.2, -0.15) is 15.0 Å². The fourth-order valence-electron chi connectivity index (χ4n) is 16.5. The maximum absolute atomic E-state index is 12.1. The third-order valence-corrected chi connectivity index (χ3v) is 25.1. The SMILES string of the molecule is COc1ncc(-c2nc(N3CCOCC3)c3nc(OC4CCC(N5CCCC5)CC4)n(C)c3n2)cc1CS(C)(=O)=O.COc1ncc(-c2nc(N3CCOCC3)c3nc(OC4CCOCC4)n(C)c3n2)cc1CS(C)(=O)=O.COc1ncc(-c2nc(N3CCOCC3)c3nc(OC4CN(C5CCCCC5)C4)n(C)c3n2)cc1CS(C)(=O)=O. The maximum atomic E-state index is 12.1. The van der Waals surface area contributed by atoms with Crippen molar-refractivity contribution in [3.63, 3.8) is 0 Å². The lowest BCUT2D eigenvalue weighted by atomic mass is 9.92. The smallest absolute Gasteiger partial charge is 0.298 e. The van der Waals surface area contributed by atoms with E-state index in [0.29, 0.717) is 224 Å². The van der Waals surface area contributed by atoms with Crippen LogP contribution < -0.4 is 43.1 Å². The lowest BCUT2D eigenvalue weighted by Crippen LogP contribution is -2.58. The minimum Gasteiger partial charge on any atom is -0.481 e. The highest BCUT2D eigenvalue weighted by molar-refractivity contribution is 7.90. The van der Waals surface area contributed by atoms with Crippen LogP contribution in [0.1, 0.15) is 100 Å². The molecule has 117 heavy (non-hydrogen) atoms. The van der Waals surface area contributed by atoms with Gasteiger partial charge in [0.25, 0.3) is 18.0 Å². The van der Waals surface area contributed by atoms with E-state index in [1.165, 1.54) is 98.1 Å². The predicted molar refractivity (Wildman–Crippen MR) is 438 cm³/mol. The molecule has 2 saturated carbocycles. The molecule has 0 amide bonds. The van der Waals surface area contributed by atoms with Gasteiger partial charge in [-0.25, -0.2) is 70.1 Å². The number of imidazole rings is 3. The first-order chi connectivity index (χ1) is 56.4. The van der Waals surface area contributed by atoms with Crippen molar-refractivity contribution in [3.05, 3.63) is 53.5 Å². The van der Waals surface area contributed by atoms with Gasteiger partial charge in [0, 0.05) is 169 Å². The third kappa shape index (κ3) is 19.8.